The summed E-state index contributed by atoms with van der Waals surface area (Å²) in [6.45, 7) is 2.28. The summed E-state index contributed by atoms with van der Waals surface area (Å²) in [5.41, 5.74) is 0. The van der Waals surface area contributed by atoms with Crippen LogP contribution in [0, 0.1) is 23.7 Å². The van der Waals surface area contributed by atoms with E-state index >= 15 is 0 Å². The van der Waals surface area contributed by atoms with Crippen molar-refractivity contribution in [1.82, 2.24) is 0 Å². The van der Waals surface area contributed by atoms with Gasteiger partial charge in [-0.25, -0.2) is 8.78 Å². The average molecular weight is 371 g/mol. The zero-order chi connectivity index (χ0) is 18.6. The molecule has 154 valence electrons. The molecule has 26 heavy (non-hydrogen) atoms. The van der Waals surface area contributed by atoms with Gasteiger partial charge >= 0.3 is 0 Å². The van der Waals surface area contributed by atoms with Gasteiger partial charge in [-0.2, -0.15) is 0 Å². The van der Waals surface area contributed by atoms with Crippen LogP contribution in [0.4, 0.5) is 8.78 Å². The van der Waals surface area contributed by atoms with Gasteiger partial charge in [0.25, 0.3) is 0 Å². The highest BCUT2D eigenvalue weighted by molar-refractivity contribution is 4.82. The minimum atomic E-state index is -2.09. The molecule has 0 aromatic rings. The summed E-state index contributed by atoms with van der Waals surface area (Å²) in [4.78, 5) is 0. The van der Waals surface area contributed by atoms with Gasteiger partial charge in [-0.15, -0.1) is 0 Å². The summed E-state index contributed by atoms with van der Waals surface area (Å²) < 4.78 is 25.1. The Kier molecular flexibility index (Phi) is 11.2. The lowest BCUT2D eigenvalue weighted by Crippen LogP contribution is -2.26. The Morgan fingerprint density at radius 3 is 1.58 bits per heavy atom. The van der Waals surface area contributed by atoms with Gasteiger partial charge in [0.2, 0.25) is 6.43 Å². The van der Waals surface area contributed by atoms with Crippen LogP contribution in [0.5, 0.6) is 0 Å². The van der Waals surface area contributed by atoms with Crippen molar-refractivity contribution in [3.05, 3.63) is 0 Å². The van der Waals surface area contributed by atoms with E-state index in [1.165, 1.54) is 96.3 Å². The molecule has 2 rings (SSSR count). The topological polar surface area (TPSA) is 0 Å². The molecule has 2 heteroatoms. The molecular formula is C24H44F2. The largest absolute Gasteiger partial charge is 0.238 e. The minimum absolute atomic E-state index is 0.151. The molecule has 0 unspecified atom stereocenters. The van der Waals surface area contributed by atoms with E-state index in [0.717, 1.165) is 30.6 Å². The molecule has 0 spiro atoms. The van der Waals surface area contributed by atoms with Crippen molar-refractivity contribution in [1.29, 1.82) is 0 Å². The Hall–Kier alpha value is -0.140. The first-order valence-electron chi connectivity index (χ1n) is 12.0. The molecule has 0 heterocycles. The van der Waals surface area contributed by atoms with Crippen LogP contribution in [0.25, 0.3) is 0 Å². The quantitative estimate of drug-likeness (QED) is 0.301. The molecule has 0 aromatic heterocycles. The molecule has 2 saturated carbocycles. The summed E-state index contributed by atoms with van der Waals surface area (Å²) in [6, 6.07) is 0. The van der Waals surface area contributed by atoms with Gasteiger partial charge in [-0.1, -0.05) is 77.6 Å². The van der Waals surface area contributed by atoms with Crippen molar-refractivity contribution < 1.29 is 8.78 Å². The standard InChI is InChI=1S/C24H44F2/c1-2-3-4-5-6-7-8-9-10-20-11-15-22(16-12-20)23-17-13-21(14-18-23)19-24(25)26/h20-24H,2-19H2,1H3/t20-,21-,22-,23-. The minimum Gasteiger partial charge on any atom is -0.211 e. The van der Waals surface area contributed by atoms with E-state index in [0.29, 0.717) is 5.92 Å². The van der Waals surface area contributed by atoms with Gasteiger partial charge in [-0.05, 0) is 62.2 Å². The molecule has 2 fully saturated rings. The average Bonchev–Trinajstić information content (AvgIpc) is 2.65. The number of halogens is 2. The maximum Gasteiger partial charge on any atom is 0.238 e. The predicted octanol–water partition coefficient (Wildman–Crippen LogP) is 8.79. The van der Waals surface area contributed by atoms with E-state index in [9.17, 15) is 8.78 Å². The van der Waals surface area contributed by atoms with Crippen molar-refractivity contribution in [3.63, 3.8) is 0 Å². The van der Waals surface area contributed by atoms with Gasteiger partial charge in [0.15, 0.2) is 0 Å². The number of alkyl halides is 2. The Bertz CT molecular complexity index is 325. The Balaban J connectivity index is 1.48. The van der Waals surface area contributed by atoms with Gasteiger partial charge in [0.1, 0.15) is 0 Å². The molecule has 0 N–H and O–H groups in total. The van der Waals surface area contributed by atoms with E-state index in [1.54, 1.807) is 0 Å². The molecular weight excluding hydrogens is 326 g/mol. The Morgan fingerprint density at radius 1 is 0.615 bits per heavy atom. The summed E-state index contributed by atoms with van der Waals surface area (Å²) >= 11 is 0. The normalized spacial score (nSPS) is 30.0. The fourth-order valence-electron chi connectivity index (χ4n) is 5.66. The lowest BCUT2D eigenvalue weighted by Gasteiger charge is -2.38. The van der Waals surface area contributed by atoms with Gasteiger partial charge < -0.3 is 0 Å². The smallest absolute Gasteiger partial charge is 0.211 e. The molecule has 0 radical (unpaired) electrons. The Morgan fingerprint density at radius 2 is 1.08 bits per heavy atom. The second-order valence-corrected chi connectivity index (χ2v) is 9.45. The van der Waals surface area contributed by atoms with Crippen LogP contribution in [-0.2, 0) is 0 Å². The molecule has 2 aliphatic carbocycles. The monoisotopic (exact) mass is 370 g/mol. The molecule has 0 atom stereocenters. The van der Waals surface area contributed by atoms with E-state index in [-0.39, 0.29) is 6.42 Å². The van der Waals surface area contributed by atoms with E-state index in [2.05, 4.69) is 6.92 Å². The lowest BCUT2D eigenvalue weighted by molar-refractivity contribution is 0.0832. The summed E-state index contributed by atoms with van der Waals surface area (Å²) in [5.74, 6) is 3.07. The summed E-state index contributed by atoms with van der Waals surface area (Å²) in [5, 5.41) is 0. The first-order valence-corrected chi connectivity index (χ1v) is 12.0. The molecule has 0 aromatic carbocycles. The maximum absolute atomic E-state index is 12.5. The number of rotatable bonds is 12. The summed E-state index contributed by atoms with van der Waals surface area (Å²) in [6.07, 6.45) is 21.2. The third-order valence-corrected chi connectivity index (χ3v) is 7.43. The van der Waals surface area contributed by atoms with Crippen LogP contribution >= 0.6 is 0 Å². The number of hydrogen-bond acceptors (Lipinski definition) is 0. The van der Waals surface area contributed by atoms with Crippen LogP contribution in [0.15, 0.2) is 0 Å². The molecule has 2 aliphatic rings. The zero-order valence-corrected chi connectivity index (χ0v) is 17.4. The lowest BCUT2D eigenvalue weighted by atomic mass is 9.68. The van der Waals surface area contributed by atoms with Gasteiger partial charge in [0.05, 0.1) is 0 Å². The number of hydrogen-bond donors (Lipinski definition) is 0. The first-order chi connectivity index (χ1) is 12.7. The zero-order valence-electron chi connectivity index (χ0n) is 17.4. The number of unbranched alkanes of at least 4 members (excludes halogenated alkanes) is 7. The molecule has 0 aliphatic heterocycles. The van der Waals surface area contributed by atoms with Crippen molar-refractivity contribution in [3.8, 4) is 0 Å². The van der Waals surface area contributed by atoms with Gasteiger partial charge in [-0.3, -0.25) is 0 Å². The second-order valence-electron chi connectivity index (χ2n) is 9.45. The van der Waals surface area contributed by atoms with E-state index < -0.39 is 6.43 Å². The molecule has 0 amide bonds. The summed E-state index contributed by atoms with van der Waals surface area (Å²) in [7, 11) is 0. The SMILES string of the molecule is CCCCCCCCCC[C@H]1CC[C@H]([C@H]2CC[C@H](CC(F)F)CC2)CC1. The van der Waals surface area contributed by atoms with E-state index in [1.807, 2.05) is 0 Å². The van der Waals surface area contributed by atoms with Crippen molar-refractivity contribution in [2.24, 2.45) is 23.7 Å². The van der Waals surface area contributed by atoms with Crippen molar-refractivity contribution in [2.75, 3.05) is 0 Å². The van der Waals surface area contributed by atoms with Crippen LogP contribution in [-0.4, -0.2) is 6.43 Å². The highest BCUT2D eigenvalue weighted by Gasteiger charge is 2.31. The van der Waals surface area contributed by atoms with Crippen LogP contribution in [0.3, 0.4) is 0 Å². The first kappa shape index (κ1) is 22.2. The van der Waals surface area contributed by atoms with E-state index in [4.69, 9.17) is 0 Å². The van der Waals surface area contributed by atoms with Crippen molar-refractivity contribution >= 4 is 0 Å². The highest BCUT2D eigenvalue weighted by Crippen LogP contribution is 2.43. The highest BCUT2D eigenvalue weighted by atomic mass is 19.3. The predicted molar refractivity (Wildman–Crippen MR) is 109 cm³/mol. The van der Waals surface area contributed by atoms with Crippen LogP contribution in [0.1, 0.15) is 122 Å². The Labute approximate surface area is 161 Å². The molecule has 0 saturated heterocycles. The van der Waals surface area contributed by atoms with Crippen LogP contribution < -0.4 is 0 Å². The molecule has 0 bridgehead atoms. The second kappa shape index (κ2) is 13.1. The third-order valence-electron chi connectivity index (χ3n) is 7.43. The maximum atomic E-state index is 12.5. The van der Waals surface area contributed by atoms with Gasteiger partial charge in [0, 0.05) is 6.42 Å². The van der Waals surface area contributed by atoms with Crippen molar-refractivity contribution in [2.45, 2.75) is 129 Å². The fraction of sp³-hybridized carbons (Fsp3) is 1.00. The molecule has 0 nitrogen and oxygen atoms in total. The van der Waals surface area contributed by atoms with Crippen LogP contribution in [0.2, 0.25) is 0 Å². The third kappa shape index (κ3) is 8.70. The fourth-order valence-corrected chi connectivity index (χ4v) is 5.66.